The number of fused-ring (bicyclic) bond motifs is 4. The van der Waals surface area contributed by atoms with Gasteiger partial charge in [-0.3, -0.25) is 19.4 Å². The maximum atomic E-state index is 13.1. The minimum Gasteiger partial charge on any atom is -0.367 e. The number of benzene rings is 1. The summed E-state index contributed by atoms with van der Waals surface area (Å²) in [5.41, 5.74) is 0.697. The van der Waals surface area contributed by atoms with Gasteiger partial charge in [-0.2, -0.15) is 0 Å². The Morgan fingerprint density at radius 1 is 1.12 bits per heavy atom. The lowest BCUT2D eigenvalue weighted by molar-refractivity contribution is -0.159. The number of imide groups is 2. The SMILES string of the molecule is CN1C(=O)N(C)C(=O)C2(Cc3ccc(Cl)cc3N3CCC[C@@H]32)C1=O. The topological polar surface area (TPSA) is 60.9 Å². The third kappa shape index (κ3) is 1.75. The van der Waals surface area contributed by atoms with Gasteiger partial charge in [-0.1, -0.05) is 17.7 Å². The van der Waals surface area contributed by atoms with Crippen molar-refractivity contribution >= 4 is 35.1 Å². The van der Waals surface area contributed by atoms with Crippen LogP contribution in [0.4, 0.5) is 10.5 Å². The largest absolute Gasteiger partial charge is 0.367 e. The van der Waals surface area contributed by atoms with Crippen LogP contribution in [0.2, 0.25) is 5.02 Å². The molecule has 24 heavy (non-hydrogen) atoms. The number of hydrogen-bond acceptors (Lipinski definition) is 4. The smallest absolute Gasteiger partial charge is 0.332 e. The molecule has 0 aliphatic carbocycles. The van der Waals surface area contributed by atoms with E-state index in [1.54, 1.807) is 6.07 Å². The Morgan fingerprint density at radius 3 is 2.46 bits per heavy atom. The predicted octanol–water partition coefficient (Wildman–Crippen LogP) is 1.90. The first kappa shape index (κ1) is 15.4. The summed E-state index contributed by atoms with van der Waals surface area (Å²) in [6.45, 7) is 0.779. The molecule has 7 heteroatoms. The second-order valence-corrected chi connectivity index (χ2v) is 7.22. The number of hydrogen-bond donors (Lipinski definition) is 0. The van der Waals surface area contributed by atoms with Gasteiger partial charge in [0.15, 0.2) is 5.41 Å². The molecule has 1 aromatic rings. The average molecular weight is 348 g/mol. The number of nitrogens with zero attached hydrogens (tertiary/aromatic N) is 3. The molecule has 6 nitrogen and oxygen atoms in total. The fourth-order valence-corrected chi connectivity index (χ4v) is 4.63. The molecule has 0 bridgehead atoms. The molecule has 0 unspecified atom stereocenters. The Morgan fingerprint density at radius 2 is 1.79 bits per heavy atom. The zero-order valence-corrected chi connectivity index (χ0v) is 14.3. The van der Waals surface area contributed by atoms with E-state index >= 15 is 0 Å². The van der Waals surface area contributed by atoms with Gasteiger partial charge in [-0.15, -0.1) is 0 Å². The zero-order valence-electron chi connectivity index (χ0n) is 13.6. The number of anilines is 1. The minimum atomic E-state index is -1.23. The zero-order chi connectivity index (χ0) is 17.2. The summed E-state index contributed by atoms with van der Waals surface area (Å²) in [5, 5.41) is 0.640. The van der Waals surface area contributed by atoms with Gasteiger partial charge in [0.05, 0.1) is 6.04 Å². The van der Waals surface area contributed by atoms with Crippen molar-refractivity contribution in [3.63, 3.8) is 0 Å². The quantitative estimate of drug-likeness (QED) is 0.672. The second-order valence-electron chi connectivity index (χ2n) is 6.78. The van der Waals surface area contributed by atoms with Gasteiger partial charge in [0, 0.05) is 31.4 Å². The van der Waals surface area contributed by atoms with Gasteiger partial charge in [-0.25, -0.2) is 4.79 Å². The highest BCUT2D eigenvalue weighted by atomic mass is 35.5. The van der Waals surface area contributed by atoms with Crippen LogP contribution < -0.4 is 4.90 Å². The molecule has 4 rings (SSSR count). The van der Waals surface area contributed by atoms with E-state index < -0.39 is 23.3 Å². The van der Waals surface area contributed by atoms with E-state index in [0.717, 1.165) is 40.4 Å². The van der Waals surface area contributed by atoms with E-state index in [-0.39, 0.29) is 6.04 Å². The molecule has 0 aromatic heterocycles. The Bertz CT molecular complexity index is 754. The molecule has 3 aliphatic rings. The van der Waals surface area contributed by atoms with Gasteiger partial charge >= 0.3 is 6.03 Å². The molecule has 126 valence electrons. The van der Waals surface area contributed by atoms with Crippen LogP contribution in [0.15, 0.2) is 18.2 Å². The number of urea groups is 1. The highest BCUT2D eigenvalue weighted by molar-refractivity contribution is 6.31. The van der Waals surface area contributed by atoms with E-state index in [4.69, 9.17) is 11.6 Å². The van der Waals surface area contributed by atoms with Gasteiger partial charge in [-0.05, 0) is 37.0 Å². The average Bonchev–Trinajstić information content (AvgIpc) is 3.07. The Kier molecular flexibility index (Phi) is 3.19. The molecule has 2 fully saturated rings. The predicted molar refractivity (Wildman–Crippen MR) is 88.9 cm³/mol. The molecule has 3 heterocycles. The number of rotatable bonds is 0. The van der Waals surface area contributed by atoms with Crippen LogP contribution in [0.3, 0.4) is 0 Å². The Hall–Kier alpha value is -2.08. The van der Waals surface area contributed by atoms with Gasteiger partial charge in [0.25, 0.3) is 0 Å². The monoisotopic (exact) mass is 347 g/mol. The third-order valence-corrected chi connectivity index (χ3v) is 5.83. The third-order valence-electron chi connectivity index (χ3n) is 5.59. The normalized spacial score (nSPS) is 25.4. The van der Waals surface area contributed by atoms with Crippen LogP contribution in [-0.4, -0.2) is 54.3 Å². The van der Waals surface area contributed by atoms with Crippen molar-refractivity contribution in [3.05, 3.63) is 28.8 Å². The molecule has 1 atom stereocenters. The fourth-order valence-electron chi connectivity index (χ4n) is 4.46. The highest BCUT2D eigenvalue weighted by Crippen LogP contribution is 2.49. The number of barbiturate groups is 1. The van der Waals surface area contributed by atoms with Gasteiger partial charge in [0.1, 0.15) is 0 Å². The lowest BCUT2D eigenvalue weighted by Crippen LogP contribution is -2.70. The lowest BCUT2D eigenvalue weighted by atomic mass is 9.68. The van der Waals surface area contributed by atoms with Crippen LogP contribution in [0, 0.1) is 5.41 Å². The molecule has 1 aromatic carbocycles. The summed E-state index contributed by atoms with van der Waals surface area (Å²) in [7, 11) is 2.90. The van der Waals surface area contributed by atoms with Crippen LogP contribution in [-0.2, 0) is 16.0 Å². The fraction of sp³-hybridized carbons (Fsp3) is 0.471. The first-order chi connectivity index (χ1) is 11.4. The van der Waals surface area contributed by atoms with E-state index in [1.165, 1.54) is 14.1 Å². The van der Waals surface area contributed by atoms with E-state index in [2.05, 4.69) is 4.90 Å². The van der Waals surface area contributed by atoms with Crippen molar-refractivity contribution in [2.75, 3.05) is 25.5 Å². The number of amides is 4. The molecular weight excluding hydrogens is 330 g/mol. The molecular formula is C17H18ClN3O3. The molecule has 4 amide bonds. The van der Waals surface area contributed by atoms with Crippen molar-refractivity contribution in [3.8, 4) is 0 Å². The highest BCUT2D eigenvalue weighted by Gasteiger charge is 2.63. The molecule has 3 aliphatic heterocycles. The molecule has 0 N–H and O–H groups in total. The van der Waals surface area contributed by atoms with Crippen LogP contribution in [0.1, 0.15) is 18.4 Å². The maximum Gasteiger partial charge on any atom is 0.332 e. The van der Waals surface area contributed by atoms with Gasteiger partial charge < -0.3 is 4.90 Å². The summed E-state index contributed by atoms with van der Waals surface area (Å²) in [6.07, 6.45) is 1.96. The number of carbonyl (C=O) groups is 3. The van der Waals surface area contributed by atoms with E-state index in [9.17, 15) is 14.4 Å². The number of carbonyl (C=O) groups excluding carboxylic acids is 3. The van der Waals surface area contributed by atoms with Crippen molar-refractivity contribution in [1.82, 2.24) is 9.80 Å². The van der Waals surface area contributed by atoms with Crippen LogP contribution in [0.5, 0.6) is 0 Å². The second kappa shape index (κ2) is 4.96. The van der Waals surface area contributed by atoms with Crippen LogP contribution in [0.25, 0.3) is 0 Å². The Labute approximate surface area is 144 Å². The maximum absolute atomic E-state index is 13.1. The summed E-state index contributed by atoms with van der Waals surface area (Å²) in [4.78, 5) is 42.6. The standard InChI is InChI=1S/C17H18ClN3O3/c1-19-14(22)17(15(23)20(2)16(19)24)9-10-5-6-11(18)8-12(10)21-7-3-4-13(17)21/h5-6,8,13H,3-4,7,9H2,1-2H3/t13-/m1/s1. The molecule has 2 saturated heterocycles. The molecule has 0 radical (unpaired) electrons. The lowest BCUT2D eigenvalue weighted by Gasteiger charge is -2.50. The first-order valence-corrected chi connectivity index (χ1v) is 8.41. The van der Waals surface area contributed by atoms with Crippen molar-refractivity contribution < 1.29 is 14.4 Å². The molecule has 1 spiro atoms. The number of halogens is 1. The summed E-state index contributed by atoms with van der Waals surface area (Å²) >= 11 is 6.15. The van der Waals surface area contributed by atoms with Crippen LogP contribution >= 0.6 is 11.6 Å². The van der Waals surface area contributed by atoms with E-state index in [0.29, 0.717) is 11.4 Å². The van der Waals surface area contributed by atoms with Crippen molar-refractivity contribution in [1.29, 1.82) is 0 Å². The summed E-state index contributed by atoms with van der Waals surface area (Å²) in [5.74, 6) is -0.791. The minimum absolute atomic E-state index is 0.235. The first-order valence-electron chi connectivity index (χ1n) is 8.03. The van der Waals surface area contributed by atoms with E-state index in [1.807, 2.05) is 12.1 Å². The summed E-state index contributed by atoms with van der Waals surface area (Å²) < 4.78 is 0. The molecule has 0 saturated carbocycles. The van der Waals surface area contributed by atoms with Gasteiger partial charge in [0.2, 0.25) is 11.8 Å². The Balaban J connectivity index is 1.91. The summed E-state index contributed by atoms with van der Waals surface area (Å²) in [6, 6.07) is 4.76. The van der Waals surface area contributed by atoms with Crippen molar-refractivity contribution in [2.45, 2.75) is 25.3 Å². The van der Waals surface area contributed by atoms with Crippen molar-refractivity contribution in [2.24, 2.45) is 5.41 Å².